The van der Waals surface area contributed by atoms with Gasteiger partial charge >= 0.3 is 0 Å². The van der Waals surface area contributed by atoms with E-state index < -0.39 is 199 Å². The molecule has 0 unspecified atom stereocenters. The number of nitrogens with zero attached hydrogens (tertiary/aromatic N) is 7. The first-order valence-electron chi connectivity index (χ1n) is 47.3. The van der Waals surface area contributed by atoms with Crippen molar-refractivity contribution in [2.45, 2.75) is 181 Å². The van der Waals surface area contributed by atoms with Gasteiger partial charge in [0.25, 0.3) is 6.33 Å². The van der Waals surface area contributed by atoms with Crippen LogP contribution < -0.4 is 9.47 Å². The van der Waals surface area contributed by atoms with Gasteiger partial charge in [-0.2, -0.15) is 0 Å². The van der Waals surface area contributed by atoms with E-state index in [0.29, 0.717) is 34.1 Å². The van der Waals surface area contributed by atoms with Crippen LogP contribution in [0.4, 0.5) is 17.3 Å². The van der Waals surface area contributed by atoms with Gasteiger partial charge in [-0.15, -0.1) is 0 Å². The zero-order chi connectivity index (χ0) is 93.9. The molecule has 13 rings (SSSR count). The standard InChI is InChI=1S/C80H87N7/c1-74(2,3)53-38-43-81-71(46-53)87-65-29-19-18-26-59(65)60-35-34-56(48-68(60)87)86(73-82-69(75(4,5)6)49-70(83-73)76(7,8)9)55-25-22-24-54(47-55)84-50-85(67-31-21-20-30-66(67)84)72-57(51-32-36-61-63(44-51)79(14,15)41-39-77(61,10)11)27-23-28-58(72)52-33-37-62-64(45-52)80(16,17)42-40-78(62,12)13/h18-38,43-49H,39-42H2,1-17H3/i10D3,11D3,12D3,13D3,14D3,15D3,16D3,17D3,32D,33D,36D,37D,39D2,40D2,41D2,42D2,44D,45D. The van der Waals surface area contributed by atoms with E-state index in [1.54, 1.807) is 35.4 Å². The number of para-hydroxylation sites is 4. The summed E-state index contributed by atoms with van der Waals surface area (Å²) < 4.78 is 361. The number of rotatable bonds is 8. The molecular formula is C80H87N7. The molecule has 4 aromatic heterocycles. The van der Waals surface area contributed by atoms with Crippen molar-refractivity contribution in [3.8, 4) is 39.4 Å². The molecule has 0 saturated heterocycles. The van der Waals surface area contributed by atoms with Crippen LogP contribution in [-0.2, 0) is 37.9 Å². The molecular weight excluding hydrogens is 1060 g/mol. The zero-order valence-electron chi connectivity index (χ0n) is 87.3. The first kappa shape index (κ1) is 28.8. The molecule has 0 N–H and O–H groups in total. The maximum atomic E-state index is 10.6. The van der Waals surface area contributed by atoms with Crippen LogP contribution in [0.3, 0.4) is 0 Å². The minimum Gasteiger partial charge on any atom is -0.294 e. The Morgan fingerprint density at radius 3 is 1.66 bits per heavy atom. The topological polar surface area (TPSA) is 55.6 Å². The van der Waals surface area contributed by atoms with Crippen LogP contribution in [0.1, 0.15) is 234 Å². The number of aromatic nitrogens is 6. The Morgan fingerprint density at radius 1 is 0.529 bits per heavy atom. The Morgan fingerprint density at radius 2 is 1.07 bits per heavy atom. The van der Waals surface area contributed by atoms with Gasteiger partial charge < -0.3 is 0 Å². The molecule has 7 nitrogen and oxygen atoms in total. The van der Waals surface area contributed by atoms with E-state index in [2.05, 4.69) is 27.1 Å². The fourth-order valence-electron chi connectivity index (χ4n) is 11.2. The third-order valence-corrected chi connectivity index (χ3v) is 15.9. The third-order valence-electron chi connectivity index (χ3n) is 15.9. The molecule has 11 aromatic rings. The molecule has 2 aliphatic rings. The van der Waals surface area contributed by atoms with Gasteiger partial charge in [0.05, 0.1) is 58.7 Å². The summed E-state index contributed by atoms with van der Waals surface area (Å²) in [5.41, 5.74) is -28.8. The Hall–Kier alpha value is -8.16. The summed E-state index contributed by atoms with van der Waals surface area (Å²) >= 11 is 0. The largest absolute Gasteiger partial charge is 0.294 e. The molecule has 0 fully saturated rings. The van der Waals surface area contributed by atoms with Crippen molar-refractivity contribution >= 4 is 50.2 Å². The van der Waals surface area contributed by atoms with Crippen molar-refractivity contribution in [3.63, 3.8) is 0 Å². The predicted octanol–water partition coefficient (Wildman–Crippen LogP) is 20.4. The number of pyridine rings is 1. The molecule has 0 aliphatic heterocycles. The zero-order valence-corrected chi connectivity index (χ0v) is 49.3. The summed E-state index contributed by atoms with van der Waals surface area (Å²) in [6, 6.07) is 24.1. The van der Waals surface area contributed by atoms with Crippen LogP contribution >= 0.6 is 0 Å². The number of fused-ring (bicyclic) bond motifs is 6. The van der Waals surface area contributed by atoms with Crippen molar-refractivity contribution in [1.29, 1.82) is 0 Å². The number of imidazole rings is 1. The van der Waals surface area contributed by atoms with Crippen molar-refractivity contribution in [3.05, 3.63) is 215 Å². The van der Waals surface area contributed by atoms with Crippen LogP contribution in [0.15, 0.2) is 170 Å². The average molecular weight is 1180 g/mol. The lowest BCUT2D eigenvalue weighted by atomic mass is 9.62. The van der Waals surface area contributed by atoms with Crippen LogP contribution in [0.25, 0.3) is 72.3 Å². The van der Waals surface area contributed by atoms with E-state index in [-0.39, 0.29) is 28.1 Å². The first-order valence-corrected chi connectivity index (χ1v) is 28.3. The number of anilines is 3. The van der Waals surface area contributed by atoms with Gasteiger partial charge in [-0.1, -0.05) is 226 Å². The van der Waals surface area contributed by atoms with E-state index in [4.69, 9.17) is 31.4 Å². The summed E-state index contributed by atoms with van der Waals surface area (Å²) in [5, 5.41) is 1.70. The highest BCUT2D eigenvalue weighted by Gasteiger charge is 2.39. The quantitative estimate of drug-likeness (QED) is 0.112. The van der Waals surface area contributed by atoms with Gasteiger partial charge in [-0.3, -0.25) is 18.6 Å². The molecule has 2 aliphatic carbocycles. The Balaban J connectivity index is 1.24. The molecule has 0 bridgehead atoms. The molecule has 7 heteroatoms. The van der Waals surface area contributed by atoms with Crippen LogP contribution in [-0.4, -0.2) is 24.1 Å². The Labute approximate surface area is 570 Å². The van der Waals surface area contributed by atoms with E-state index in [0.717, 1.165) is 44.6 Å². The van der Waals surface area contributed by atoms with Gasteiger partial charge in [-0.05, 0) is 157 Å². The number of benzene rings is 7. The monoisotopic (exact) mass is 1180 g/mol. The molecule has 0 atom stereocenters. The molecule has 0 spiro atoms. The lowest BCUT2D eigenvalue weighted by molar-refractivity contribution is -0.571. The highest BCUT2D eigenvalue weighted by Crippen LogP contribution is 2.50. The van der Waals surface area contributed by atoms with Gasteiger partial charge in [0, 0.05) is 77.4 Å². The highest BCUT2D eigenvalue weighted by atomic mass is 15.3. The Kier molecular flexibility index (Phi) is 6.68. The lowest BCUT2D eigenvalue weighted by Crippen LogP contribution is -2.34. The average Bonchev–Trinajstić information content (AvgIpc) is 0.774. The van der Waals surface area contributed by atoms with Crippen molar-refractivity contribution < 1.29 is 56.7 Å². The SMILES string of the molecule is [2H]c1c([2H])c2c(c([2H])c1-c1cccc(-c3c([2H])c([2H])c4c(c3[2H])C(C([2H])([2H])[2H])(C([2H])([2H])[2H])C([2H])([2H])C([2H])([2H])C4(C([2H])([2H])[2H])C([2H])([2H])[2H])c1-[n+]1[c-]n(-c3cccc(N(c4ccc5c6ccccc6n(-c6cc(C(C)(C)C)ccn6)c5c4)c4nc(C(C)(C)C)cc(C(C)(C)C)n4)c3)c3ccccc31)C(C([2H])([2H])[2H])(C([2H])([2H])[2H])C([2H])([2H])C([2H])([2H])C2(C([2H])([2H])[2H])C([2H])([2H])[2H]. The summed E-state index contributed by atoms with van der Waals surface area (Å²) in [5.74, 6) is 0.737. The maximum absolute atomic E-state index is 10.6. The molecule has 442 valence electrons. The van der Waals surface area contributed by atoms with E-state index in [1.807, 2.05) is 107 Å². The third kappa shape index (κ3) is 10.1. The van der Waals surface area contributed by atoms with E-state index >= 15 is 0 Å². The van der Waals surface area contributed by atoms with Crippen LogP contribution in [0, 0.1) is 6.33 Å². The van der Waals surface area contributed by atoms with Gasteiger partial charge in [0.15, 0.2) is 0 Å². The van der Waals surface area contributed by atoms with Crippen LogP contribution in [0.5, 0.6) is 0 Å². The number of hydrogen-bond donors (Lipinski definition) is 0. The molecule has 87 heavy (non-hydrogen) atoms. The lowest BCUT2D eigenvalue weighted by Gasteiger charge is -2.42. The van der Waals surface area contributed by atoms with E-state index in [1.165, 1.54) is 28.8 Å². The highest BCUT2D eigenvalue weighted by molar-refractivity contribution is 6.10. The van der Waals surface area contributed by atoms with E-state index in [9.17, 15) is 35.6 Å². The normalized spacial score (nSPS) is 26.2. The molecule has 7 aromatic carbocycles. The van der Waals surface area contributed by atoms with Gasteiger partial charge in [0.1, 0.15) is 5.82 Å². The van der Waals surface area contributed by atoms with Gasteiger partial charge in [0.2, 0.25) is 5.95 Å². The second-order valence-electron chi connectivity index (χ2n) is 25.5. The second-order valence-corrected chi connectivity index (χ2v) is 25.5. The second kappa shape index (κ2) is 20.2. The first-order chi connectivity index (χ1) is 56.6. The van der Waals surface area contributed by atoms with Crippen molar-refractivity contribution in [1.82, 2.24) is 24.1 Å². The minimum absolute atomic E-state index is 0.0419. The fraction of sp³-hybridized carbons (Fsp3) is 0.350. The molecule has 0 radical (unpaired) electrons. The van der Waals surface area contributed by atoms with Crippen molar-refractivity contribution in [2.24, 2.45) is 0 Å². The van der Waals surface area contributed by atoms with Crippen molar-refractivity contribution in [2.75, 3.05) is 4.90 Å². The summed E-state index contributed by atoms with van der Waals surface area (Å²) in [6.45, 7) is -18.4. The minimum atomic E-state index is -4.87. The number of hydrogen-bond acceptors (Lipinski definition) is 4. The van der Waals surface area contributed by atoms with Gasteiger partial charge in [-0.25, -0.2) is 15.0 Å². The summed E-state index contributed by atoms with van der Waals surface area (Å²) in [6.07, 6.45) is -14.4. The fourth-order valence-corrected chi connectivity index (χ4v) is 11.2. The smallest absolute Gasteiger partial charge is 0.269 e. The maximum Gasteiger partial charge on any atom is 0.269 e. The molecule has 0 amide bonds. The molecule has 0 saturated carbocycles. The summed E-state index contributed by atoms with van der Waals surface area (Å²) in [7, 11) is 0. The van der Waals surface area contributed by atoms with Crippen LogP contribution in [0.2, 0.25) is 0 Å². The molecule has 4 heterocycles. The Bertz CT molecular complexity index is 5970. The summed E-state index contributed by atoms with van der Waals surface area (Å²) in [4.78, 5) is 17.4. The predicted molar refractivity (Wildman–Crippen MR) is 364 cm³/mol.